The molecule has 1 fully saturated rings. The van der Waals surface area contributed by atoms with Crippen LogP contribution in [0, 0.1) is 5.92 Å². The number of halogens is 1. The number of nitrogens with zero attached hydrogens (tertiary/aromatic N) is 3. The summed E-state index contributed by atoms with van der Waals surface area (Å²) in [6.45, 7) is 1.21. The SMILES string of the molecule is COC(=O)C1CN(c2ncc(Cl)cn2)C1. The van der Waals surface area contributed by atoms with E-state index in [1.807, 2.05) is 4.90 Å². The summed E-state index contributed by atoms with van der Waals surface area (Å²) in [5.41, 5.74) is 0. The van der Waals surface area contributed by atoms with Gasteiger partial charge in [0.05, 0.1) is 30.4 Å². The molecule has 2 heterocycles. The number of rotatable bonds is 2. The van der Waals surface area contributed by atoms with E-state index in [0.29, 0.717) is 24.1 Å². The van der Waals surface area contributed by atoms with Crippen molar-refractivity contribution in [3.8, 4) is 0 Å². The van der Waals surface area contributed by atoms with Crippen LogP contribution in [0.5, 0.6) is 0 Å². The molecule has 0 N–H and O–H groups in total. The second kappa shape index (κ2) is 4.02. The minimum atomic E-state index is -0.180. The van der Waals surface area contributed by atoms with Crippen molar-refractivity contribution in [2.45, 2.75) is 0 Å². The number of hydrogen-bond donors (Lipinski definition) is 0. The van der Waals surface area contributed by atoms with Crippen molar-refractivity contribution in [2.75, 3.05) is 25.1 Å². The Kier molecular flexibility index (Phi) is 2.73. The van der Waals surface area contributed by atoms with Gasteiger partial charge in [-0.1, -0.05) is 11.6 Å². The lowest BCUT2D eigenvalue weighted by Gasteiger charge is -2.37. The third-order valence-electron chi connectivity index (χ3n) is 2.31. The maximum atomic E-state index is 11.1. The third-order valence-corrected chi connectivity index (χ3v) is 2.50. The highest BCUT2D eigenvalue weighted by Crippen LogP contribution is 2.22. The number of ether oxygens (including phenoxy) is 1. The van der Waals surface area contributed by atoms with Gasteiger partial charge in [0.15, 0.2) is 0 Å². The number of anilines is 1. The molecule has 2 rings (SSSR count). The van der Waals surface area contributed by atoms with Crippen LogP contribution in [0.2, 0.25) is 5.02 Å². The smallest absolute Gasteiger partial charge is 0.312 e. The van der Waals surface area contributed by atoms with E-state index in [0.717, 1.165) is 0 Å². The van der Waals surface area contributed by atoms with E-state index in [9.17, 15) is 4.79 Å². The van der Waals surface area contributed by atoms with E-state index in [-0.39, 0.29) is 11.9 Å². The summed E-state index contributed by atoms with van der Waals surface area (Å²) in [6, 6.07) is 0. The molecule has 0 aliphatic carbocycles. The number of esters is 1. The van der Waals surface area contributed by atoms with Crippen molar-refractivity contribution >= 4 is 23.5 Å². The Morgan fingerprint density at radius 3 is 2.67 bits per heavy atom. The second-order valence-electron chi connectivity index (χ2n) is 3.33. The van der Waals surface area contributed by atoms with E-state index in [4.69, 9.17) is 11.6 Å². The number of methoxy groups -OCH3 is 1. The van der Waals surface area contributed by atoms with E-state index in [1.165, 1.54) is 19.5 Å². The van der Waals surface area contributed by atoms with Gasteiger partial charge in [-0.2, -0.15) is 0 Å². The Morgan fingerprint density at radius 1 is 1.53 bits per heavy atom. The summed E-state index contributed by atoms with van der Waals surface area (Å²) >= 11 is 5.66. The molecule has 0 spiro atoms. The standard InChI is InChI=1S/C9H10ClN3O2/c1-15-8(14)6-4-13(5-6)9-11-2-7(10)3-12-9/h2-3,6H,4-5H2,1H3. The lowest BCUT2D eigenvalue weighted by Crippen LogP contribution is -2.51. The Labute approximate surface area is 92.0 Å². The molecule has 0 amide bonds. The first-order valence-electron chi connectivity index (χ1n) is 4.51. The van der Waals surface area contributed by atoms with Crippen molar-refractivity contribution < 1.29 is 9.53 Å². The van der Waals surface area contributed by atoms with Crippen molar-refractivity contribution in [1.82, 2.24) is 9.97 Å². The van der Waals surface area contributed by atoms with Crippen molar-refractivity contribution in [1.29, 1.82) is 0 Å². The summed E-state index contributed by atoms with van der Waals surface area (Å²) in [7, 11) is 1.39. The predicted octanol–water partition coefficient (Wildman–Crippen LogP) is 0.739. The Bertz CT molecular complexity index is 362. The molecule has 0 saturated carbocycles. The maximum absolute atomic E-state index is 11.1. The van der Waals surface area contributed by atoms with Gasteiger partial charge >= 0.3 is 5.97 Å². The average Bonchev–Trinajstić information content (AvgIpc) is 2.18. The summed E-state index contributed by atoms with van der Waals surface area (Å²) in [5.74, 6) is 0.356. The molecular weight excluding hydrogens is 218 g/mol. The minimum absolute atomic E-state index is 0.0609. The fourth-order valence-corrected chi connectivity index (χ4v) is 1.52. The van der Waals surface area contributed by atoms with Crippen LogP contribution >= 0.6 is 11.6 Å². The summed E-state index contributed by atoms with van der Waals surface area (Å²) in [5, 5.41) is 0.504. The number of carbonyl (C=O) groups is 1. The molecule has 0 radical (unpaired) electrons. The third kappa shape index (κ3) is 2.02. The molecule has 6 heteroatoms. The van der Waals surface area contributed by atoms with Gasteiger partial charge in [-0.15, -0.1) is 0 Å². The first kappa shape index (κ1) is 10.2. The van der Waals surface area contributed by atoms with Crippen LogP contribution in [0.3, 0.4) is 0 Å². The van der Waals surface area contributed by atoms with Crippen LogP contribution in [-0.2, 0) is 9.53 Å². The number of hydrogen-bond acceptors (Lipinski definition) is 5. The van der Waals surface area contributed by atoms with Gasteiger partial charge in [0.2, 0.25) is 5.95 Å². The molecule has 0 atom stereocenters. The van der Waals surface area contributed by atoms with Crippen LogP contribution in [0.15, 0.2) is 12.4 Å². The van der Waals surface area contributed by atoms with Gasteiger partial charge in [-0.25, -0.2) is 9.97 Å². The van der Waals surface area contributed by atoms with E-state index < -0.39 is 0 Å². The fraction of sp³-hybridized carbons (Fsp3) is 0.444. The molecule has 1 aliphatic rings. The molecule has 0 bridgehead atoms. The molecule has 1 aromatic heterocycles. The normalized spacial score (nSPS) is 16.0. The first-order chi connectivity index (χ1) is 7.20. The van der Waals surface area contributed by atoms with Gasteiger partial charge in [-0.05, 0) is 0 Å². The Hall–Kier alpha value is -1.36. The quantitative estimate of drug-likeness (QED) is 0.698. The zero-order valence-corrected chi connectivity index (χ0v) is 8.94. The molecule has 80 valence electrons. The highest BCUT2D eigenvalue weighted by molar-refractivity contribution is 6.30. The Morgan fingerprint density at radius 2 is 2.13 bits per heavy atom. The summed E-state index contributed by atoms with van der Waals surface area (Å²) in [4.78, 5) is 21.1. The predicted molar refractivity (Wildman–Crippen MR) is 54.8 cm³/mol. The molecule has 5 nitrogen and oxygen atoms in total. The first-order valence-corrected chi connectivity index (χ1v) is 4.89. The number of carbonyl (C=O) groups excluding carboxylic acids is 1. The molecule has 15 heavy (non-hydrogen) atoms. The summed E-state index contributed by atoms with van der Waals surface area (Å²) < 4.78 is 4.63. The van der Waals surface area contributed by atoms with Gasteiger partial charge < -0.3 is 9.64 Å². The highest BCUT2D eigenvalue weighted by Gasteiger charge is 2.34. The zero-order chi connectivity index (χ0) is 10.8. The van der Waals surface area contributed by atoms with E-state index in [1.54, 1.807) is 0 Å². The molecule has 0 aromatic carbocycles. The molecule has 1 aliphatic heterocycles. The van der Waals surface area contributed by atoms with Crippen molar-refractivity contribution in [3.05, 3.63) is 17.4 Å². The maximum Gasteiger partial charge on any atom is 0.312 e. The van der Waals surface area contributed by atoms with Gasteiger partial charge in [0, 0.05) is 13.1 Å². The minimum Gasteiger partial charge on any atom is -0.469 e. The largest absolute Gasteiger partial charge is 0.469 e. The van der Waals surface area contributed by atoms with Crippen molar-refractivity contribution in [3.63, 3.8) is 0 Å². The van der Waals surface area contributed by atoms with Gasteiger partial charge in [-0.3, -0.25) is 4.79 Å². The van der Waals surface area contributed by atoms with Gasteiger partial charge in [0.1, 0.15) is 0 Å². The van der Waals surface area contributed by atoms with E-state index in [2.05, 4.69) is 14.7 Å². The van der Waals surface area contributed by atoms with Crippen molar-refractivity contribution in [2.24, 2.45) is 5.92 Å². The van der Waals surface area contributed by atoms with Crippen LogP contribution in [0.4, 0.5) is 5.95 Å². The van der Waals surface area contributed by atoms with Crippen LogP contribution in [0.1, 0.15) is 0 Å². The van der Waals surface area contributed by atoms with Crippen LogP contribution in [0.25, 0.3) is 0 Å². The van der Waals surface area contributed by atoms with Crippen LogP contribution < -0.4 is 4.90 Å². The molecule has 0 unspecified atom stereocenters. The molecular formula is C9H10ClN3O2. The lowest BCUT2D eigenvalue weighted by molar-refractivity contribution is -0.146. The molecule has 1 aromatic rings. The second-order valence-corrected chi connectivity index (χ2v) is 3.76. The Balaban J connectivity index is 1.94. The summed E-state index contributed by atoms with van der Waals surface area (Å²) in [6.07, 6.45) is 3.07. The van der Waals surface area contributed by atoms with E-state index >= 15 is 0 Å². The lowest BCUT2D eigenvalue weighted by atomic mass is 10.0. The topological polar surface area (TPSA) is 55.3 Å². The van der Waals surface area contributed by atoms with Gasteiger partial charge in [0.25, 0.3) is 0 Å². The zero-order valence-electron chi connectivity index (χ0n) is 8.18. The highest BCUT2D eigenvalue weighted by atomic mass is 35.5. The van der Waals surface area contributed by atoms with Crippen LogP contribution in [-0.4, -0.2) is 36.1 Å². The molecule has 1 saturated heterocycles. The number of aromatic nitrogens is 2. The average molecular weight is 228 g/mol. The monoisotopic (exact) mass is 227 g/mol. The fourth-order valence-electron chi connectivity index (χ4n) is 1.43.